The molecule has 2 N–H and O–H groups in total. The van der Waals surface area contributed by atoms with Gasteiger partial charge < -0.3 is 15.4 Å². The summed E-state index contributed by atoms with van der Waals surface area (Å²) in [5, 5.41) is 6.70. The molecule has 0 spiro atoms. The molecule has 0 radical (unpaired) electrons. The van der Waals surface area contributed by atoms with E-state index in [4.69, 9.17) is 4.74 Å². The quantitative estimate of drug-likeness (QED) is 0.340. The minimum Gasteiger partial charge on any atom is -0.373 e. The number of nitrogens with one attached hydrogen (secondary N) is 2. The molecule has 5 nitrogen and oxygen atoms in total. The Morgan fingerprint density at radius 2 is 1.93 bits per heavy atom. The summed E-state index contributed by atoms with van der Waals surface area (Å²) in [4.78, 5) is 4.30. The van der Waals surface area contributed by atoms with Crippen LogP contribution in [-0.4, -0.2) is 47.4 Å². The molecule has 1 fully saturated rings. The Morgan fingerprint density at radius 1 is 1.25 bits per heavy atom. The normalized spacial score (nSPS) is 21.5. The van der Waals surface area contributed by atoms with E-state index in [0.717, 1.165) is 32.0 Å². The highest BCUT2D eigenvalue weighted by Crippen LogP contribution is 2.33. The molecule has 0 amide bonds. The van der Waals surface area contributed by atoms with Crippen LogP contribution in [0.15, 0.2) is 29.3 Å². The van der Waals surface area contributed by atoms with E-state index in [1.54, 1.807) is 7.05 Å². The van der Waals surface area contributed by atoms with E-state index in [9.17, 15) is 4.21 Å². The van der Waals surface area contributed by atoms with E-state index in [1.807, 2.05) is 20.8 Å². The first-order valence-corrected chi connectivity index (χ1v) is 11.1. The van der Waals surface area contributed by atoms with Gasteiger partial charge in [0.05, 0.1) is 6.10 Å². The monoisotopic (exact) mass is 521 g/mol. The lowest BCUT2D eigenvalue weighted by atomic mass is 9.89. The van der Waals surface area contributed by atoms with Gasteiger partial charge in [-0.3, -0.25) is 9.20 Å². The van der Waals surface area contributed by atoms with Crippen molar-refractivity contribution in [1.29, 1.82) is 0 Å². The zero-order valence-corrected chi connectivity index (χ0v) is 20.9. The second-order valence-electron chi connectivity index (χ2n) is 8.15. The van der Waals surface area contributed by atoms with Gasteiger partial charge in [-0.05, 0) is 46.1 Å². The van der Waals surface area contributed by atoms with Crippen LogP contribution in [0.4, 0.5) is 0 Å². The van der Waals surface area contributed by atoms with E-state index < -0.39 is 10.8 Å². The Kier molecular flexibility index (Phi) is 11.0. The van der Waals surface area contributed by atoms with E-state index in [-0.39, 0.29) is 34.8 Å². The maximum absolute atomic E-state index is 12.2. The molecule has 1 aliphatic rings. The van der Waals surface area contributed by atoms with Gasteiger partial charge >= 0.3 is 0 Å². The summed E-state index contributed by atoms with van der Waals surface area (Å²) in [6, 6.07) is 8.64. The first-order valence-electron chi connectivity index (χ1n) is 9.82. The fraction of sp³-hybridized carbons (Fsp3) is 0.667. The predicted molar refractivity (Wildman–Crippen MR) is 130 cm³/mol. The number of aryl methyl sites for hydroxylation is 1. The van der Waals surface area contributed by atoms with E-state index in [1.165, 1.54) is 11.1 Å². The van der Waals surface area contributed by atoms with Crippen LogP contribution in [0.5, 0.6) is 0 Å². The largest absolute Gasteiger partial charge is 0.373 e. The summed E-state index contributed by atoms with van der Waals surface area (Å²) in [5.41, 5.74) is 2.51. The molecule has 1 heterocycles. The van der Waals surface area contributed by atoms with Crippen molar-refractivity contribution in [2.24, 2.45) is 10.9 Å². The van der Waals surface area contributed by atoms with Crippen molar-refractivity contribution in [1.82, 2.24) is 10.6 Å². The van der Waals surface area contributed by atoms with Crippen molar-refractivity contribution in [3.63, 3.8) is 0 Å². The lowest BCUT2D eigenvalue weighted by Crippen LogP contribution is -2.43. The number of hydrogen-bond donors (Lipinski definition) is 2. The van der Waals surface area contributed by atoms with Crippen molar-refractivity contribution in [2.75, 3.05) is 32.5 Å². The zero-order chi connectivity index (χ0) is 19.9. The van der Waals surface area contributed by atoms with E-state index >= 15 is 0 Å². The number of ether oxygens (including phenoxy) is 1. The Labute approximate surface area is 190 Å². The molecule has 7 heteroatoms. The van der Waals surface area contributed by atoms with Crippen LogP contribution in [-0.2, 0) is 15.5 Å². The van der Waals surface area contributed by atoms with Gasteiger partial charge in [0, 0.05) is 54.0 Å². The van der Waals surface area contributed by atoms with E-state index in [2.05, 4.69) is 46.8 Å². The van der Waals surface area contributed by atoms with Gasteiger partial charge in [0.15, 0.2) is 5.96 Å². The summed E-state index contributed by atoms with van der Waals surface area (Å²) in [6.45, 7) is 10.4. The second-order valence-corrected chi connectivity index (χ2v) is 10.5. The molecular formula is C21H36IN3O2S. The molecule has 3 atom stereocenters. The predicted octanol–water partition coefficient (Wildman–Crippen LogP) is 3.79. The average Bonchev–Trinajstić information content (AvgIpc) is 2.64. The number of aliphatic imine (C=N–C) groups is 1. The van der Waals surface area contributed by atoms with Gasteiger partial charge in [0.1, 0.15) is 0 Å². The van der Waals surface area contributed by atoms with Crippen molar-refractivity contribution in [3.8, 4) is 0 Å². The Hall–Kier alpha value is -0.670. The van der Waals surface area contributed by atoms with Crippen molar-refractivity contribution < 1.29 is 8.95 Å². The molecule has 28 heavy (non-hydrogen) atoms. The van der Waals surface area contributed by atoms with Gasteiger partial charge in [-0.25, -0.2) is 0 Å². The maximum atomic E-state index is 12.2. The number of hydrogen-bond acceptors (Lipinski definition) is 3. The topological polar surface area (TPSA) is 62.7 Å². The average molecular weight is 522 g/mol. The number of guanidine groups is 1. The summed E-state index contributed by atoms with van der Waals surface area (Å²) >= 11 is 0. The van der Waals surface area contributed by atoms with Crippen LogP contribution in [0.25, 0.3) is 0 Å². The van der Waals surface area contributed by atoms with Crippen molar-refractivity contribution in [2.45, 2.75) is 51.4 Å². The van der Waals surface area contributed by atoms with Gasteiger partial charge in [-0.2, -0.15) is 0 Å². The number of nitrogens with zero attached hydrogens (tertiary/aromatic N) is 1. The molecule has 3 unspecified atom stereocenters. The minimum absolute atomic E-state index is 0. The summed E-state index contributed by atoms with van der Waals surface area (Å²) in [6.07, 6.45) is 2.35. The molecular weight excluding hydrogens is 485 g/mol. The highest BCUT2D eigenvalue weighted by Gasteiger charge is 2.27. The molecule has 1 aromatic rings. The molecule has 0 aromatic heterocycles. The smallest absolute Gasteiger partial charge is 0.191 e. The first kappa shape index (κ1) is 25.4. The summed E-state index contributed by atoms with van der Waals surface area (Å²) in [7, 11) is 0.907. The molecule has 0 saturated carbocycles. The Morgan fingerprint density at radius 3 is 2.54 bits per heavy atom. The molecule has 0 aliphatic carbocycles. The van der Waals surface area contributed by atoms with Gasteiger partial charge in [-0.1, -0.05) is 29.8 Å². The van der Waals surface area contributed by atoms with Gasteiger partial charge in [0.2, 0.25) is 0 Å². The van der Waals surface area contributed by atoms with Crippen LogP contribution >= 0.6 is 24.0 Å². The number of halogens is 1. The van der Waals surface area contributed by atoms with Crippen LogP contribution in [0.1, 0.15) is 50.8 Å². The van der Waals surface area contributed by atoms with Crippen molar-refractivity contribution >= 4 is 40.7 Å². The molecule has 1 saturated heterocycles. The number of benzene rings is 1. The number of rotatable bonds is 6. The fourth-order valence-electron chi connectivity index (χ4n) is 3.19. The molecule has 1 aromatic carbocycles. The molecule has 1 aliphatic heterocycles. The molecule has 2 rings (SSSR count). The van der Waals surface area contributed by atoms with Crippen LogP contribution in [0, 0.1) is 12.8 Å². The fourth-order valence-corrected chi connectivity index (χ4v) is 4.09. The standard InChI is InChI=1S/C21H35N3O2S.HI/c1-16-8-10-17(11-9-16)19-18(7-6-13-26-19)15-24-20(22-5)23-12-14-27(25)21(2,3)4;/h8-11,18-19H,6-7,12-15H2,1-5H3,(H2,22,23,24);1H. The third-order valence-electron chi connectivity index (χ3n) is 4.87. The van der Waals surface area contributed by atoms with Crippen LogP contribution < -0.4 is 10.6 Å². The molecule has 0 bridgehead atoms. The second kappa shape index (κ2) is 12.1. The van der Waals surface area contributed by atoms with Crippen LogP contribution in [0.2, 0.25) is 0 Å². The third kappa shape index (κ3) is 7.99. The van der Waals surface area contributed by atoms with E-state index in [0.29, 0.717) is 18.2 Å². The minimum atomic E-state index is -0.862. The Bertz CT molecular complexity index is 644. The summed E-state index contributed by atoms with van der Waals surface area (Å²) in [5.74, 6) is 1.78. The zero-order valence-electron chi connectivity index (χ0n) is 17.8. The van der Waals surface area contributed by atoms with Gasteiger partial charge in [0.25, 0.3) is 0 Å². The highest BCUT2D eigenvalue weighted by molar-refractivity contribution is 14.0. The lowest BCUT2D eigenvalue weighted by molar-refractivity contribution is -0.0265. The lowest BCUT2D eigenvalue weighted by Gasteiger charge is -2.32. The van der Waals surface area contributed by atoms with Gasteiger partial charge in [-0.15, -0.1) is 24.0 Å². The SMILES string of the molecule is CN=C(NCCS(=O)C(C)(C)C)NCC1CCCOC1c1ccc(C)cc1.I. The van der Waals surface area contributed by atoms with Crippen LogP contribution in [0.3, 0.4) is 0 Å². The third-order valence-corrected chi connectivity index (χ3v) is 6.81. The Balaban J connectivity index is 0.00000392. The maximum Gasteiger partial charge on any atom is 0.191 e. The molecule has 160 valence electrons. The summed E-state index contributed by atoms with van der Waals surface area (Å²) < 4.78 is 18.1. The highest BCUT2D eigenvalue weighted by atomic mass is 127. The first-order chi connectivity index (χ1) is 12.8. The van der Waals surface area contributed by atoms with Crippen molar-refractivity contribution in [3.05, 3.63) is 35.4 Å².